The van der Waals surface area contributed by atoms with Crippen LogP contribution in [0.15, 0.2) is 0 Å². The Morgan fingerprint density at radius 2 is 2.08 bits per heavy atom. The normalized spacial score (nSPS) is 15.2. The van der Waals surface area contributed by atoms with Crippen molar-refractivity contribution in [3.05, 3.63) is 0 Å². The summed E-state index contributed by atoms with van der Waals surface area (Å²) in [6.45, 7) is 6.49. The first-order valence-corrected chi connectivity index (χ1v) is 4.30. The van der Waals surface area contributed by atoms with E-state index < -0.39 is 0 Å². The van der Waals surface area contributed by atoms with E-state index in [-0.39, 0.29) is 5.92 Å². The molecule has 0 aliphatic rings. The molecule has 3 nitrogen and oxygen atoms in total. The van der Waals surface area contributed by atoms with Crippen molar-refractivity contribution >= 4 is 0 Å². The number of methoxy groups -OCH3 is 1. The predicted molar refractivity (Wildman–Crippen MR) is 48.7 cm³/mol. The first kappa shape index (κ1) is 11.4. The molecule has 1 N–H and O–H groups in total. The lowest BCUT2D eigenvalue weighted by molar-refractivity contribution is 0.158. The van der Waals surface area contributed by atoms with Gasteiger partial charge in [0.1, 0.15) is 0 Å². The summed E-state index contributed by atoms with van der Waals surface area (Å²) in [7, 11) is 1.70. The largest absolute Gasteiger partial charge is 0.384 e. The minimum Gasteiger partial charge on any atom is -0.384 e. The lowest BCUT2D eigenvalue weighted by Gasteiger charge is -2.11. The van der Waals surface area contributed by atoms with Crippen LogP contribution in [0.3, 0.4) is 0 Å². The summed E-state index contributed by atoms with van der Waals surface area (Å²) in [5.41, 5.74) is 0. The summed E-state index contributed by atoms with van der Waals surface area (Å²) in [6.07, 6.45) is 0. The Balaban J connectivity index is 3.25. The van der Waals surface area contributed by atoms with Crippen molar-refractivity contribution in [3.8, 4) is 6.07 Å². The zero-order valence-corrected chi connectivity index (χ0v) is 8.13. The van der Waals surface area contributed by atoms with Crippen molar-refractivity contribution in [2.75, 3.05) is 26.8 Å². The van der Waals surface area contributed by atoms with E-state index in [1.54, 1.807) is 7.11 Å². The molecule has 0 aromatic heterocycles. The minimum atomic E-state index is 0.0970. The average Bonchev–Trinajstić information content (AvgIpc) is 2.04. The van der Waals surface area contributed by atoms with Crippen LogP contribution in [0.5, 0.6) is 0 Å². The van der Waals surface area contributed by atoms with Crippen LogP contribution in [0, 0.1) is 23.2 Å². The van der Waals surface area contributed by atoms with Gasteiger partial charge in [-0.1, -0.05) is 6.92 Å². The fraction of sp³-hybridized carbons (Fsp3) is 0.889. The van der Waals surface area contributed by atoms with E-state index in [1.807, 2.05) is 6.92 Å². The Hall–Kier alpha value is -0.590. The van der Waals surface area contributed by atoms with Crippen molar-refractivity contribution in [2.24, 2.45) is 11.8 Å². The van der Waals surface area contributed by atoms with Crippen LogP contribution in [0.1, 0.15) is 13.8 Å². The molecule has 0 rings (SSSR count). The molecule has 0 saturated carbocycles. The molecule has 12 heavy (non-hydrogen) atoms. The monoisotopic (exact) mass is 170 g/mol. The van der Waals surface area contributed by atoms with Gasteiger partial charge < -0.3 is 10.1 Å². The summed E-state index contributed by atoms with van der Waals surface area (Å²) in [6, 6.07) is 2.18. The van der Waals surface area contributed by atoms with Crippen LogP contribution in [0.4, 0.5) is 0 Å². The molecule has 0 aromatic rings. The summed E-state index contributed by atoms with van der Waals surface area (Å²) >= 11 is 0. The fourth-order valence-corrected chi connectivity index (χ4v) is 0.935. The summed E-state index contributed by atoms with van der Waals surface area (Å²) < 4.78 is 4.98. The molecule has 0 aromatic carbocycles. The fourth-order valence-electron chi connectivity index (χ4n) is 0.935. The standard InChI is InChI=1S/C9H18N2O/c1-8(4-10)5-11-6-9(2)7-12-3/h8-9,11H,5-7H2,1-3H3. The Morgan fingerprint density at radius 1 is 1.42 bits per heavy atom. The van der Waals surface area contributed by atoms with Gasteiger partial charge in [-0.05, 0) is 19.4 Å². The van der Waals surface area contributed by atoms with E-state index in [0.717, 1.165) is 19.7 Å². The topological polar surface area (TPSA) is 45.0 Å². The molecular formula is C9H18N2O. The average molecular weight is 170 g/mol. The molecule has 0 heterocycles. The second-order valence-electron chi connectivity index (χ2n) is 3.25. The number of rotatable bonds is 6. The molecule has 0 aliphatic carbocycles. The molecule has 0 amide bonds. The lowest BCUT2D eigenvalue weighted by atomic mass is 10.1. The van der Waals surface area contributed by atoms with Gasteiger partial charge in [-0.3, -0.25) is 0 Å². The van der Waals surface area contributed by atoms with E-state index in [9.17, 15) is 0 Å². The Kier molecular flexibility index (Phi) is 6.73. The van der Waals surface area contributed by atoms with Gasteiger partial charge in [0.05, 0.1) is 12.0 Å². The molecule has 2 unspecified atom stereocenters. The molecule has 0 radical (unpaired) electrons. The minimum absolute atomic E-state index is 0.0970. The van der Waals surface area contributed by atoms with Gasteiger partial charge >= 0.3 is 0 Å². The smallest absolute Gasteiger partial charge is 0.0666 e. The highest BCUT2D eigenvalue weighted by Crippen LogP contribution is 1.93. The van der Waals surface area contributed by atoms with Crippen LogP contribution in [0.25, 0.3) is 0 Å². The third-order valence-corrected chi connectivity index (χ3v) is 1.61. The molecular weight excluding hydrogens is 152 g/mol. The zero-order valence-electron chi connectivity index (χ0n) is 8.13. The van der Waals surface area contributed by atoms with Gasteiger partial charge in [0.2, 0.25) is 0 Å². The Bertz CT molecular complexity index is 142. The second-order valence-corrected chi connectivity index (χ2v) is 3.25. The third kappa shape index (κ3) is 6.14. The molecule has 0 saturated heterocycles. The first-order chi connectivity index (χ1) is 5.70. The van der Waals surface area contributed by atoms with Crippen LogP contribution in [-0.4, -0.2) is 26.8 Å². The molecule has 0 spiro atoms. The summed E-state index contributed by atoms with van der Waals surface area (Å²) in [4.78, 5) is 0. The molecule has 70 valence electrons. The highest BCUT2D eigenvalue weighted by molar-refractivity contribution is 4.80. The van der Waals surface area contributed by atoms with Gasteiger partial charge in [0.25, 0.3) is 0 Å². The Labute approximate surface area is 74.7 Å². The molecule has 0 aliphatic heterocycles. The number of hydrogen-bond acceptors (Lipinski definition) is 3. The maximum atomic E-state index is 8.49. The van der Waals surface area contributed by atoms with Gasteiger partial charge in [0.15, 0.2) is 0 Å². The maximum absolute atomic E-state index is 8.49. The highest BCUT2D eigenvalue weighted by atomic mass is 16.5. The van der Waals surface area contributed by atoms with Gasteiger partial charge in [-0.25, -0.2) is 0 Å². The van der Waals surface area contributed by atoms with Crippen molar-refractivity contribution in [1.29, 1.82) is 5.26 Å². The highest BCUT2D eigenvalue weighted by Gasteiger charge is 2.02. The third-order valence-electron chi connectivity index (χ3n) is 1.61. The van der Waals surface area contributed by atoms with Gasteiger partial charge in [0, 0.05) is 20.3 Å². The van der Waals surface area contributed by atoms with E-state index in [1.165, 1.54) is 0 Å². The number of nitriles is 1. The first-order valence-electron chi connectivity index (χ1n) is 4.30. The Morgan fingerprint density at radius 3 is 2.58 bits per heavy atom. The number of nitrogens with one attached hydrogen (secondary N) is 1. The summed E-state index contributed by atoms with van der Waals surface area (Å²) in [5, 5.41) is 11.7. The van der Waals surface area contributed by atoms with Crippen molar-refractivity contribution in [2.45, 2.75) is 13.8 Å². The predicted octanol–water partition coefficient (Wildman–Crippen LogP) is 1.02. The van der Waals surface area contributed by atoms with Crippen molar-refractivity contribution in [1.82, 2.24) is 5.32 Å². The maximum Gasteiger partial charge on any atom is 0.0666 e. The second kappa shape index (κ2) is 7.08. The van der Waals surface area contributed by atoms with Crippen LogP contribution < -0.4 is 5.32 Å². The van der Waals surface area contributed by atoms with Crippen molar-refractivity contribution < 1.29 is 4.74 Å². The number of hydrogen-bond donors (Lipinski definition) is 1. The van der Waals surface area contributed by atoms with Crippen LogP contribution >= 0.6 is 0 Å². The lowest BCUT2D eigenvalue weighted by Crippen LogP contribution is -2.27. The summed E-state index contributed by atoms with van der Waals surface area (Å²) in [5.74, 6) is 0.612. The SMILES string of the molecule is COCC(C)CNCC(C)C#N. The van der Waals surface area contributed by atoms with E-state index in [2.05, 4.69) is 18.3 Å². The van der Waals surface area contributed by atoms with Gasteiger partial charge in [-0.15, -0.1) is 0 Å². The zero-order chi connectivity index (χ0) is 9.40. The number of nitrogens with zero attached hydrogens (tertiary/aromatic N) is 1. The van der Waals surface area contributed by atoms with E-state index >= 15 is 0 Å². The van der Waals surface area contributed by atoms with Crippen LogP contribution in [0.2, 0.25) is 0 Å². The van der Waals surface area contributed by atoms with E-state index in [0.29, 0.717) is 5.92 Å². The van der Waals surface area contributed by atoms with Gasteiger partial charge in [-0.2, -0.15) is 5.26 Å². The van der Waals surface area contributed by atoms with E-state index in [4.69, 9.17) is 10.00 Å². The van der Waals surface area contributed by atoms with Crippen molar-refractivity contribution in [3.63, 3.8) is 0 Å². The number of ether oxygens (including phenoxy) is 1. The molecule has 0 bridgehead atoms. The molecule has 2 atom stereocenters. The quantitative estimate of drug-likeness (QED) is 0.647. The van der Waals surface area contributed by atoms with Crippen LogP contribution in [-0.2, 0) is 4.74 Å². The molecule has 3 heteroatoms. The molecule has 0 fully saturated rings.